The number of ether oxygens (including phenoxy) is 1. The summed E-state index contributed by atoms with van der Waals surface area (Å²) in [6.45, 7) is 7.09. The first-order valence-corrected chi connectivity index (χ1v) is 9.60. The predicted octanol–water partition coefficient (Wildman–Crippen LogP) is 3.53. The van der Waals surface area contributed by atoms with E-state index in [1.165, 1.54) is 0 Å². The van der Waals surface area contributed by atoms with E-state index in [4.69, 9.17) is 4.74 Å². The molecule has 0 saturated heterocycles. The lowest BCUT2D eigenvalue weighted by Crippen LogP contribution is -2.61. The van der Waals surface area contributed by atoms with Gasteiger partial charge in [-0.15, -0.1) is 0 Å². The van der Waals surface area contributed by atoms with Crippen molar-refractivity contribution >= 4 is 11.9 Å². The van der Waals surface area contributed by atoms with Crippen molar-refractivity contribution in [2.75, 3.05) is 0 Å². The van der Waals surface area contributed by atoms with Crippen LogP contribution >= 0.6 is 0 Å². The van der Waals surface area contributed by atoms with Crippen LogP contribution in [0.3, 0.4) is 0 Å². The van der Waals surface area contributed by atoms with Crippen LogP contribution in [0.25, 0.3) is 0 Å². The first-order chi connectivity index (χ1) is 11.4. The van der Waals surface area contributed by atoms with Crippen LogP contribution in [0.5, 0.6) is 0 Å². The molecule has 5 nitrogen and oxygen atoms in total. The van der Waals surface area contributed by atoms with Crippen molar-refractivity contribution < 1.29 is 24.5 Å². The SMILES string of the molecule is CCC(C)(CC(C)(C)C(=O)OC12CC3CC(CC(O)(C3)C1)C2)C(=O)O. The summed E-state index contributed by atoms with van der Waals surface area (Å²) in [7, 11) is 0. The topological polar surface area (TPSA) is 83.8 Å². The highest BCUT2D eigenvalue weighted by atomic mass is 16.6. The molecular formula is C20H32O5. The van der Waals surface area contributed by atoms with Gasteiger partial charge in [0.2, 0.25) is 0 Å². The Hall–Kier alpha value is -1.10. The molecule has 0 amide bonds. The average Bonchev–Trinajstić information content (AvgIpc) is 2.43. The maximum Gasteiger partial charge on any atom is 0.312 e. The van der Waals surface area contributed by atoms with Gasteiger partial charge in [-0.2, -0.15) is 0 Å². The molecule has 25 heavy (non-hydrogen) atoms. The summed E-state index contributed by atoms with van der Waals surface area (Å²) >= 11 is 0. The van der Waals surface area contributed by atoms with Crippen LogP contribution in [0.15, 0.2) is 0 Å². The van der Waals surface area contributed by atoms with E-state index in [1.54, 1.807) is 20.8 Å². The van der Waals surface area contributed by atoms with Crippen molar-refractivity contribution in [1.29, 1.82) is 0 Å². The standard InChI is InChI=1S/C20H32O5/c1-5-18(4,15(21)22)11-17(2,3)16(23)25-20-9-13-6-14(10-20)8-19(24,7-13)12-20/h13-14,24H,5-12H2,1-4H3,(H,21,22). The fraction of sp³-hybridized carbons (Fsp3) is 0.900. The first-order valence-electron chi connectivity index (χ1n) is 9.60. The molecule has 4 aliphatic carbocycles. The summed E-state index contributed by atoms with van der Waals surface area (Å²) < 4.78 is 6.06. The second-order valence-corrected chi connectivity index (χ2v) is 10.0. The minimum Gasteiger partial charge on any atom is -0.481 e. The molecule has 4 rings (SSSR count). The third-order valence-corrected chi connectivity index (χ3v) is 6.97. The minimum absolute atomic E-state index is 0.248. The molecule has 0 spiro atoms. The second kappa shape index (κ2) is 5.70. The Bertz CT molecular complexity index is 567. The molecule has 5 heteroatoms. The van der Waals surface area contributed by atoms with Gasteiger partial charge in [0.05, 0.1) is 16.4 Å². The van der Waals surface area contributed by atoms with Crippen LogP contribution in [0, 0.1) is 22.7 Å². The van der Waals surface area contributed by atoms with Crippen molar-refractivity contribution in [3.63, 3.8) is 0 Å². The van der Waals surface area contributed by atoms with Crippen molar-refractivity contribution in [2.45, 2.75) is 90.3 Å². The van der Waals surface area contributed by atoms with Crippen LogP contribution in [-0.2, 0) is 14.3 Å². The molecule has 0 aromatic heterocycles. The van der Waals surface area contributed by atoms with E-state index in [9.17, 15) is 19.8 Å². The smallest absolute Gasteiger partial charge is 0.312 e. The number of esters is 1. The van der Waals surface area contributed by atoms with Gasteiger partial charge in [-0.1, -0.05) is 6.92 Å². The molecule has 4 saturated carbocycles. The van der Waals surface area contributed by atoms with Gasteiger partial charge in [0.1, 0.15) is 5.60 Å². The Kier molecular flexibility index (Phi) is 4.26. The zero-order valence-corrected chi connectivity index (χ0v) is 15.9. The number of rotatable bonds is 6. The zero-order valence-electron chi connectivity index (χ0n) is 15.9. The van der Waals surface area contributed by atoms with E-state index in [1.807, 2.05) is 6.92 Å². The fourth-order valence-electron chi connectivity index (χ4n) is 5.98. The van der Waals surface area contributed by atoms with Crippen molar-refractivity contribution in [3.8, 4) is 0 Å². The number of hydrogen-bond donors (Lipinski definition) is 2. The van der Waals surface area contributed by atoms with Crippen LogP contribution in [-0.4, -0.2) is 33.4 Å². The summed E-state index contributed by atoms with van der Waals surface area (Å²) in [6, 6.07) is 0. The molecule has 0 aromatic rings. The van der Waals surface area contributed by atoms with Gasteiger partial charge in [0.15, 0.2) is 0 Å². The highest BCUT2D eigenvalue weighted by Gasteiger charge is 2.60. The molecule has 142 valence electrons. The predicted molar refractivity (Wildman–Crippen MR) is 92.9 cm³/mol. The lowest BCUT2D eigenvalue weighted by atomic mass is 9.52. The van der Waals surface area contributed by atoms with Crippen LogP contribution in [0.2, 0.25) is 0 Å². The van der Waals surface area contributed by atoms with Crippen LogP contribution in [0.1, 0.15) is 79.1 Å². The number of aliphatic hydroxyl groups is 1. The normalized spacial score (nSPS) is 39.1. The lowest BCUT2D eigenvalue weighted by molar-refractivity contribution is -0.226. The molecule has 4 fully saturated rings. The Labute approximate surface area is 150 Å². The summed E-state index contributed by atoms with van der Waals surface area (Å²) in [5.74, 6) is -0.303. The molecular weight excluding hydrogens is 320 g/mol. The largest absolute Gasteiger partial charge is 0.481 e. The Morgan fingerprint density at radius 2 is 1.68 bits per heavy atom. The average molecular weight is 352 g/mol. The molecule has 0 radical (unpaired) electrons. The molecule has 4 aliphatic rings. The highest BCUT2D eigenvalue weighted by molar-refractivity contribution is 5.79. The Morgan fingerprint density at radius 1 is 1.12 bits per heavy atom. The van der Waals surface area contributed by atoms with Crippen molar-refractivity contribution in [1.82, 2.24) is 0 Å². The highest BCUT2D eigenvalue weighted by Crippen LogP contribution is 2.59. The molecule has 4 bridgehead atoms. The Morgan fingerprint density at radius 3 is 2.12 bits per heavy atom. The van der Waals surface area contributed by atoms with E-state index in [2.05, 4.69) is 0 Å². The van der Waals surface area contributed by atoms with Crippen molar-refractivity contribution in [3.05, 3.63) is 0 Å². The fourth-order valence-corrected chi connectivity index (χ4v) is 5.98. The van der Waals surface area contributed by atoms with Gasteiger partial charge in [-0.05, 0) is 77.6 Å². The summed E-state index contributed by atoms with van der Waals surface area (Å²) in [5.41, 5.74) is -3.02. The van der Waals surface area contributed by atoms with Gasteiger partial charge in [-0.25, -0.2) is 0 Å². The maximum atomic E-state index is 13.0. The number of carbonyl (C=O) groups is 2. The number of carbonyl (C=O) groups excluding carboxylic acids is 1. The molecule has 0 aromatic carbocycles. The second-order valence-electron chi connectivity index (χ2n) is 10.0. The molecule has 0 aliphatic heterocycles. The van der Waals surface area contributed by atoms with E-state index in [0.29, 0.717) is 24.7 Å². The Balaban J connectivity index is 1.74. The van der Waals surface area contributed by atoms with E-state index < -0.39 is 28.0 Å². The van der Waals surface area contributed by atoms with Gasteiger partial charge in [0, 0.05) is 6.42 Å². The minimum atomic E-state index is -0.942. The molecule has 3 unspecified atom stereocenters. The van der Waals surface area contributed by atoms with Gasteiger partial charge >= 0.3 is 11.9 Å². The third kappa shape index (κ3) is 3.32. The lowest BCUT2D eigenvalue weighted by Gasteiger charge is -2.59. The van der Waals surface area contributed by atoms with Gasteiger partial charge < -0.3 is 14.9 Å². The van der Waals surface area contributed by atoms with Crippen molar-refractivity contribution in [2.24, 2.45) is 22.7 Å². The molecule has 0 heterocycles. The zero-order chi connectivity index (χ0) is 18.7. The van der Waals surface area contributed by atoms with Crippen LogP contribution in [0.4, 0.5) is 0 Å². The van der Waals surface area contributed by atoms with E-state index in [0.717, 1.165) is 32.1 Å². The molecule has 2 N–H and O–H groups in total. The number of carboxylic acid groups (broad SMARTS) is 1. The van der Waals surface area contributed by atoms with Gasteiger partial charge in [0.25, 0.3) is 0 Å². The summed E-state index contributed by atoms with van der Waals surface area (Å²) in [6.07, 6.45) is 5.75. The number of carboxylic acids is 1. The quantitative estimate of drug-likeness (QED) is 0.715. The van der Waals surface area contributed by atoms with E-state index >= 15 is 0 Å². The monoisotopic (exact) mass is 352 g/mol. The number of aliphatic carboxylic acids is 1. The number of hydrogen-bond acceptors (Lipinski definition) is 4. The summed E-state index contributed by atoms with van der Waals surface area (Å²) in [4.78, 5) is 24.6. The summed E-state index contributed by atoms with van der Waals surface area (Å²) in [5, 5.41) is 20.3. The maximum absolute atomic E-state index is 13.0. The van der Waals surface area contributed by atoms with Crippen LogP contribution < -0.4 is 0 Å². The van der Waals surface area contributed by atoms with E-state index in [-0.39, 0.29) is 12.4 Å². The molecule has 3 atom stereocenters. The first kappa shape index (κ1) is 18.7. The third-order valence-electron chi connectivity index (χ3n) is 6.97. The van der Waals surface area contributed by atoms with Gasteiger partial charge in [-0.3, -0.25) is 9.59 Å².